The van der Waals surface area contributed by atoms with Gasteiger partial charge in [-0.3, -0.25) is 14.4 Å². The normalized spacial score (nSPS) is 23.8. The Hall–Kier alpha value is -2.85. The summed E-state index contributed by atoms with van der Waals surface area (Å²) in [7, 11) is 0. The van der Waals surface area contributed by atoms with Gasteiger partial charge in [0.15, 0.2) is 10.0 Å². The van der Waals surface area contributed by atoms with Crippen LogP contribution in [-0.4, -0.2) is 96.3 Å². The molecule has 17 heteroatoms. The molecule has 3 rings (SSSR count). The average molecular weight is 564 g/mol. The summed E-state index contributed by atoms with van der Waals surface area (Å²) >= 11 is 8.11. The van der Waals surface area contributed by atoms with Crippen molar-refractivity contribution < 1.29 is 33.9 Å². The van der Waals surface area contributed by atoms with Crippen LogP contribution in [0.3, 0.4) is 0 Å². The Balaban J connectivity index is 1.56. The molecule has 1 aromatic heterocycles. The number of carbonyl (C=O) groups excluding carboxylic acids is 3. The highest BCUT2D eigenvalue weighted by Gasteiger charge is 2.57. The lowest BCUT2D eigenvalue weighted by atomic mass is 10.0. The predicted octanol–water partition coefficient (Wildman–Crippen LogP) is 0.218. The predicted molar refractivity (Wildman–Crippen MR) is 132 cm³/mol. The number of rotatable bonds is 9. The number of aromatic nitrogens is 2. The second-order valence-corrected chi connectivity index (χ2v) is 11.5. The molecule has 2 saturated heterocycles. The van der Waals surface area contributed by atoms with E-state index in [0.29, 0.717) is 6.42 Å². The average Bonchev–Trinajstić information content (AvgIpc) is 3.21. The number of nitrogens with zero attached hydrogens (tertiary/aromatic N) is 4. The Labute approximate surface area is 219 Å². The lowest BCUT2D eigenvalue weighted by Crippen LogP contribution is -2.74. The van der Waals surface area contributed by atoms with E-state index in [2.05, 4.69) is 25.1 Å². The van der Waals surface area contributed by atoms with Gasteiger partial charge >= 0.3 is 12.1 Å². The van der Waals surface area contributed by atoms with E-state index in [1.807, 2.05) is 0 Å². The van der Waals surface area contributed by atoms with Gasteiger partial charge in [0, 0.05) is 30.3 Å². The zero-order valence-electron chi connectivity index (χ0n) is 19.6. The number of alkyl halides is 1. The number of ether oxygens (including phenoxy) is 1. The van der Waals surface area contributed by atoms with Crippen LogP contribution in [-0.2, 0) is 24.0 Å². The van der Waals surface area contributed by atoms with Gasteiger partial charge in [0.25, 0.3) is 5.91 Å². The summed E-state index contributed by atoms with van der Waals surface area (Å²) in [5.41, 5.74) is 4.72. The zero-order valence-corrected chi connectivity index (χ0v) is 22.0. The van der Waals surface area contributed by atoms with Gasteiger partial charge in [0.05, 0.1) is 6.54 Å². The highest BCUT2D eigenvalue weighted by atomic mass is 35.5. The molecule has 0 bridgehead atoms. The first kappa shape index (κ1) is 27.7. The number of hydrogen-bond acceptors (Lipinski definition) is 12. The molecule has 198 valence electrons. The number of nitrogens with one attached hydrogen (secondary N) is 2. The molecule has 0 aliphatic carbocycles. The van der Waals surface area contributed by atoms with Crippen LogP contribution in [0.5, 0.6) is 0 Å². The lowest BCUT2D eigenvalue weighted by Gasteiger charge is -2.52. The van der Waals surface area contributed by atoms with E-state index >= 15 is 0 Å². The minimum absolute atomic E-state index is 0.0494. The van der Waals surface area contributed by atoms with Crippen LogP contribution in [0, 0.1) is 0 Å². The molecule has 2 unspecified atom stereocenters. The number of carboxylic acids is 1. The SMILES string of the molecule is CC(C)(C)OC(=O)NCCCON=C(C(=O)NC1C(=O)N2CC(Cl)(C(=O)O)CS[C@H]12)c1nsc(N)n1. The van der Waals surface area contributed by atoms with Crippen LogP contribution >= 0.6 is 34.9 Å². The van der Waals surface area contributed by atoms with E-state index in [1.165, 1.54) is 4.90 Å². The van der Waals surface area contributed by atoms with Gasteiger partial charge in [-0.05, 0) is 20.8 Å². The summed E-state index contributed by atoms with van der Waals surface area (Å²) < 4.78 is 9.11. The molecule has 0 radical (unpaired) electrons. The summed E-state index contributed by atoms with van der Waals surface area (Å²) in [5.74, 6) is -2.45. The Morgan fingerprint density at radius 2 is 2.11 bits per heavy atom. The van der Waals surface area contributed by atoms with Crippen molar-refractivity contribution in [3.8, 4) is 0 Å². The van der Waals surface area contributed by atoms with Crippen molar-refractivity contribution in [2.45, 2.75) is 49.1 Å². The molecule has 3 amide bonds. The number of hydrogen-bond donors (Lipinski definition) is 4. The van der Waals surface area contributed by atoms with Crippen LogP contribution in [0.4, 0.5) is 9.93 Å². The Morgan fingerprint density at radius 1 is 1.39 bits per heavy atom. The third kappa shape index (κ3) is 6.67. The maximum absolute atomic E-state index is 12.9. The van der Waals surface area contributed by atoms with Gasteiger partial charge in [-0.25, -0.2) is 4.79 Å². The minimum atomic E-state index is -1.58. The number of alkyl carbamates (subject to hydrolysis) is 1. The lowest BCUT2D eigenvalue weighted by molar-refractivity contribution is -0.151. The number of nitrogen functional groups attached to an aromatic ring is 1. The number of amides is 3. The Bertz CT molecular complexity index is 1060. The summed E-state index contributed by atoms with van der Waals surface area (Å²) in [4.78, 5) is 57.5. The van der Waals surface area contributed by atoms with E-state index in [9.17, 15) is 24.3 Å². The molecule has 2 aliphatic heterocycles. The molecule has 3 heterocycles. The molecule has 0 saturated carbocycles. The van der Waals surface area contributed by atoms with Gasteiger partial charge in [-0.1, -0.05) is 5.16 Å². The first-order valence-electron chi connectivity index (χ1n) is 10.7. The van der Waals surface area contributed by atoms with Crippen LogP contribution in [0.2, 0.25) is 0 Å². The summed E-state index contributed by atoms with van der Waals surface area (Å²) in [6.07, 6.45) is -0.203. The van der Waals surface area contributed by atoms with E-state index < -0.39 is 45.8 Å². The second-order valence-electron chi connectivity index (χ2n) is 8.90. The first-order valence-corrected chi connectivity index (χ1v) is 12.9. The fourth-order valence-corrected chi connectivity index (χ4v) is 5.29. The van der Waals surface area contributed by atoms with E-state index in [-0.39, 0.29) is 42.1 Å². The third-order valence-electron chi connectivity index (χ3n) is 4.82. The monoisotopic (exact) mass is 563 g/mol. The third-order valence-corrected chi connectivity index (χ3v) is 7.46. The van der Waals surface area contributed by atoms with Gasteiger partial charge in [-0.15, -0.1) is 23.4 Å². The topological polar surface area (TPSA) is 198 Å². The number of carboxylic acid groups (broad SMARTS) is 1. The largest absolute Gasteiger partial charge is 0.480 e. The summed E-state index contributed by atoms with van der Waals surface area (Å²) in [6.45, 7) is 5.38. The molecule has 14 nitrogen and oxygen atoms in total. The number of β-lactam (4-membered cyclic amide) rings is 1. The van der Waals surface area contributed by atoms with Crippen molar-refractivity contribution in [2.24, 2.45) is 5.16 Å². The van der Waals surface area contributed by atoms with Gasteiger partial charge in [0.2, 0.25) is 17.4 Å². The quantitative estimate of drug-likeness (QED) is 0.105. The van der Waals surface area contributed by atoms with Crippen molar-refractivity contribution in [1.29, 1.82) is 0 Å². The summed E-state index contributed by atoms with van der Waals surface area (Å²) in [5, 5.41) is 17.9. The number of fused-ring (bicyclic) bond motifs is 1. The molecule has 3 atom stereocenters. The van der Waals surface area contributed by atoms with Crippen LogP contribution < -0.4 is 16.4 Å². The number of halogens is 1. The molecule has 0 aromatic carbocycles. The van der Waals surface area contributed by atoms with Crippen LogP contribution in [0.1, 0.15) is 33.0 Å². The van der Waals surface area contributed by atoms with E-state index in [4.69, 9.17) is 26.9 Å². The number of oxime groups is 1. The fourth-order valence-electron chi connectivity index (χ4n) is 3.15. The van der Waals surface area contributed by atoms with Crippen molar-refractivity contribution in [2.75, 3.05) is 31.2 Å². The number of thioether (sulfide) groups is 1. The molecule has 5 N–H and O–H groups in total. The highest BCUT2D eigenvalue weighted by molar-refractivity contribution is 8.00. The maximum Gasteiger partial charge on any atom is 0.407 e. The van der Waals surface area contributed by atoms with Gasteiger partial charge in [0.1, 0.15) is 23.6 Å². The van der Waals surface area contributed by atoms with E-state index in [1.54, 1.807) is 20.8 Å². The molecule has 1 aromatic rings. The van der Waals surface area contributed by atoms with Crippen LogP contribution in [0.15, 0.2) is 5.16 Å². The molecule has 36 heavy (non-hydrogen) atoms. The maximum atomic E-state index is 12.9. The molecular weight excluding hydrogens is 538 g/mol. The van der Waals surface area contributed by atoms with Crippen LogP contribution in [0.25, 0.3) is 0 Å². The zero-order chi connectivity index (χ0) is 26.7. The first-order chi connectivity index (χ1) is 16.8. The number of aliphatic carboxylic acids is 1. The molecule has 2 aliphatic rings. The fraction of sp³-hybridized carbons (Fsp3) is 0.632. The highest BCUT2D eigenvalue weighted by Crippen LogP contribution is 2.41. The Morgan fingerprint density at radius 3 is 2.72 bits per heavy atom. The standard InChI is InChI=1S/C19H26ClN7O7S2/c1-18(2,3)34-17(32)22-5-4-6-33-25-9(11-24-16(21)36-26-11)12(28)23-10-13(29)27-7-19(20,15(30)31)8-35-14(10)27/h10,14H,4-8H2,1-3H3,(H,22,32)(H,23,28)(H,30,31)(H2,21,24,26)/t10?,14-,19?/m1/s1. The number of carbonyl (C=O) groups is 4. The van der Waals surface area contributed by atoms with Gasteiger partial charge < -0.3 is 35.9 Å². The molecule has 2 fully saturated rings. The second kappa shape index (κ2) is 11.0. The summed E-state index contributed by atoms with van der Waals surface area (Å²) in [6, 6.07) is -0.906. The smallest absolute Gasteiger partial charge is 0.407 e. The van der Waals surface area contributed by atoms with Crippen molar-refractivity contribution >= 4 is 69.6 Å². The molecular formula is C19H26ClN7O7S2. The van der Waals surface area contributed by atoms with Crippen molar-refractivity contribution in [1.82, 2.24) is 24.9 Å². The minimum Gasteiger partial charge on any atom is -0.480 e. The molecule has 0 spiro atoms. The Kier molecular flexibility index (Phi) is 8.51. The van der Waals surface area contributed by atoms with Gasteiger partial charge in [-0.2, -0.15) is 9.36 Å². The number of anilines is 1. The number of nitrogens with two attached hydrogens (primary N) is 1. The van der Waals surface area contributed by atoms with E-state index in [0.717, 1.165) is 23.3 Å². The van der Waals surface area contributed by atoms with Crippen molar-refractivity contribution in [3.05, 3.63) is 5.82 Å². The van der Waals surface area contributed by atoms with Crippen molar-refractivity contribution in [3.63, 3.8) is 0 Å².